The van der Waals surface area contributed by atoms with Gasteiger partial charge in [0.1, 0.15) is 159 Å². The summed E-state index contributed by atoms with van der Waals surface area (Å²) < 4.78 is 82.9. The Bertz CT molecular complexity index is 3140. The summed E-state index contributed by atoms with van der Waals surface area (Å²) in [7, 11) is 0. The lowest BCUT2D eigenvalue weighted by Crippen LogP contribution is -2.71. The van der Waals surface area contributed by atoms with Crippen molar-refractivity contribution in [3.8, 4) is 0 Å². The molecule has 7 saturated heterocycles. The normalized spacial score (nSPS) is 55.1. The molecule has 11 fully saturated rings. The SMILES string of the molecule is C[C@@H]1O[C@@H](O[C@H]2[C@H](OC(=O)[C@]34CCC(C)(C)C[C@H]3C3=CC[C@@H]5[C@@]6(C)C[C@H](O)[C@H](O[C@@H]7O[C@H](CO)[C@H](O)[C@H](O[C@@H]8O[C@H](CO)[C@H](O)[C@H](O[C@@H]9O[C@H](CO)[C@@H](O)[C@H](O)[C@H]9O)[C@H]8O)[C@H]7O)[C@@](C)(CO)[C@@H]6CC[C@@]5(C)[C@]3(C)C[C@H]4O)O[C@H](CO)[C@@H](O)[C@@H]2O)[C@H](O)[C@H](O[C@]2(CO)O[C@H](CO)[C@@H](O[C@@H]3OC[C@@H](O)[C@H](O)[C@H]3O)[C@H]2O)[C@H]1O. The van der Waals surface area contributed by atoms with Gasteiger partial charge in [0.2, 0.25) is 12.1 Å². The lowest BCUT2D eigenvalue weighted by Gasteiger charge is -2.72. The maximum atomic E-state index is 15.9. The van der Waals surface area contributed by atoms with Crippen molar-refractivity contribution in [2.45, 2.75) is 320 Å². The zero-order valence-corrected chi connectivity index (χ0v) is 62.2. The van der Waals surface area contributed by atoms with E-state index in [1.54, 1.807) is 6.92 Å². The Morgan fingerprint density at radius 1 is 0.464 bits per heavy atom. The van der Waals surface area contributed by atoms with Crippen molar-refractivity contribution >= 4 is 5.97 Å². The number of esters is 1. The molecule has 0 amide bonds. The summed E-state index contributed by atoms with van der Waals surface area (Å²) in [5, 5.41) is 268. The first-order valence-corrected chi connectivity index (χ1v) is 38.0. The van der Waals surface area contributed by atoms with Gasteiger partial charge in [-0.05, 0) is 97.7 Å². The lowest BCUT2D eigenvalue weighted by molar-refractivity contribution is -0.388. The number of aliphatic hydroxyl groups is 24. The number of hydrogen-bond donors (Lipinski definition) is 24. The van der Waals surface area contributed by atoms with Crippen LogP contribution in [-0.4, -0.2) is 402 Å². The first-order chi connectivity index (χ1) is 51.7. The second kappa shape index (κ2) is 32.8. The highest BCUT2D eigenvalue weighted by Gasteiger charge is 2.74. The van der Waals surface area contributed by atoms with E-state index in [0.717, 1.165) is 5.57 Å². The lowest BCUT2D eigenvalue weighted by atomic mass is 9.33. The molecule has 0 unspecified atom stereocenters. The van der Waals surface area contributed by atoms with Crippen molar-refractivity contribution in [1.29, 1.82) is 0 Å². The van der Waals surface area contributed by atoms with Crippen LogP contribution in [0.5, 0.6) is 0 Å². The van der Waals surface area contributed by atoms with E-state index in [-0.39, 0.29) is 25.2 Å². The van der Waals surface area contributed by atoms with Crippen LogP contribution in [-0.2, 0) is 71.1 Å². The van der Waals surface area contributed by atoms with Crippen LogP contribution in [0.4, 0.5) is 0 Å². The molecule has 5 aliphatic carbocycles. The van der Waals surface area contributed by atoms with Gasteiger partial charge in [-0.25, -0.2) is 0 Å². The van der Waals surface area contributed by atoms with Gasteiger partial charge in [0, 0.05) is 5.41 Å². The van der Waals surface area contributed by atoms with Crippen LogP contribution in [0.3, 0.4) is 0 Å². The van der Waals surface area contributed by atoms with E-state index in [2.05, 4.69) is 13.0 Å². The number of fused-ring (bicyclic) bond motifs is 7. The van der Waals surface area contributed by atoms with Crippen molar-refractivity contribution in [2.75, 3.05) is 52.9 Å². The van der Waals surface area contributed by atoms with Crippen LogP contribution < -0.4 is 0 Å². The molecule has 4 saturated carbocycles. The third kappa shape index (κ3) is 14.5. The number of rotatable bonds is 21. The molecule has 0 aromatic heterocycles. The summed E-state index contributed by atoms with van der Waals surface area (Å²) in [6.07, 6.45) is -59.9. The van der Waals surface area contributed by atoms with Gasteiger partial charge in [0.05, 0.1) is 70.7 Å². The summed E-state index contributed by atoms with van der Waals surface area (Å²) in [5.74, 6) is -5.24. The maximum absolute atomic E-state index is 15.9. The highest BCUT2D eigenvalue weighted by atomic mass is 16.8. The first-order valence-electron chi connectivity index (χ1n) is 38.0. The molecule has 7 heterocycles. The van der Waals surface area contributed by atoms with E-state index in [1.165, 1.54) is 6.92 Å². The van der Waals surface area contributed by atoms with Gasteiger partial charge in [0.15, 0.2) is 37.6 Å². The Morgan fingerprint density at radius 3 is 1.55 bits per heavy atom. The molecule has 44 atom stereocenters. The molecule has 39 heteroatoms. The fourth-order valence-electron chi connectivity index (χ4n) is 21.0. The Morgan fingerprint density at radius 2 is 0.973 bits per heavy atom. The first kappa shape index (κ1) is 87.1. The second-order valence-electron chi connectivity index (χ2n) is 34.4. The quantitative estimate of drug-likeness (QED) is 0.0288. The number of carbonyl (C=O) groups excluding carboxylic acids is 1. The van der Waals surface area contributed by atoms with Crippen LogP contribution in [0.2, 0.25) is 0 Å². The highest BCUT2D eigenvalue weighted by molar-refractivity contribution is 5.80. The number of allylic oxidation sites excluding steroid dienone is 2. The van der Waals surface area contributed by atoms with Crippen molar-refractivity contribution in [3.63, 3.8) is 0 Å². The van der Waals surface area contributed by atoms with Gasteiger partial charge in [0.25, 0.3) is 0 Å². The van der Waals surface area contributed by atoms with Crippen LogP contribution in [0, 0.1) is 50.2 Å². The molecular formula is C71H116O39. The van der Waals surface area contributed by atoms with Crippen molar-refractivity contribution < 1.29 is 194 Å². The topological polar surface area (TPSA) is 632 Å². The predicted octanol–water partition coefficient (Wildman–Crippen LogP) is -9.98. The standard InChI is InChI=1S/C71H116O39/c1-25-38(82)54(110-71(24-78)56(95)51(34(21-76)109-71)103-58-46(90)39(83)29(80)22-97-58)50(94)60(98-25)106-55-45(89)41(85)31(18-73)102-63(55)108-64(96)70-13-12-65(2,3)14-27(70)26-8-9-36-66(4)15-28(79)57(67(5,23-77)35(66)10-11-68(36,6)69(26,7)16-37(70)81)107-62-49(93)53(43(87)33(20-75)101-62)105-61-48(92)52(42(86)32(19-74)100-61)104-59-47(91)44(88)40(84)30(17-72)99-59/h8,25,27-63,72-95H,9-24H2,1-7H3/t25-,27-,28-,29+,30+,31+,32+,33+,34+,35+,36+,37+,38-,39-,40+,41+,42-,43-,44-,45-,46+,47+,48+,49+,50+,51+,52-,53-,54+,55+,56+,57-,58-,59-,60-,61-,62-,63-,66-,67-,68+,69+,70+,71-/m0/s1. The third-order valence-corrected chi connectivity index (χ3v) is 27.6. The number of hydrogen-bond acceptors (Lipinski definition) is 39. The van der Waals surface area contributed by atoms with E-state index < -0.39 is 324 Å². The van der Waals surface area contributed by atoms with Gasteiger partial charge in [-0.1, -0.05) is 53.2 Å². The summed E-state index contributed by atoms with van der Waals surface area (Å²) in [5.41, 5.74) is -5.28. The minimum atomic E-state index is -2.66. The molecule has 0 radical (unpaired) electrons. The number of carbonyl (C=O) groups is 1. The van der Waals surface area contributed by atoms with Gasteiger partial charge >= 0.3 is 5.97 Å². The molecule has 7 aliphatic heterocycles. The Kier molecular flexibility index (Phi) is 26.0. The fraction of sp³-hybridized carbons (Fsp3) is 0.958. The van der Waals surface area contributed by atoms with Crippen LogP contribution in [0.15, 0.2) is 11.6 Å². The average Bonchev–Trinajstić information content (AvgIpc) is 0.773. The van der Waals surface area contributed by atoms with Crippen molar-refractivity contribution in [3.05, 3.63) is 11.6 Å². The molecule has 12 rings (SSSR count). The zero-order valence-electron chi connectivity index (χ0n) is 62.2. The second-order valence-corrected chi connectivity index (χ2v) is 34.4. The molecule has 39 nitrogen and oxygen atoms in total. The molecule has 0 aromatic rings. The van der Waals surface area contributed by atoms with Crippen LogP contribution >= 0.6 is 0 Å². The van der Waals surface area contributed by atoms with Crippen LogP contribution in [0.25, 0.3) is 0 Å². The van der Waals surface area contributed by atoms with Gasteiger partial charge in [-0.2, -0.15) is 0 Å². The highest BCUT2D eigenvalue weighted by Crippen LogP contribution is 2.76. The monoisotopic (exact) mass is 1590 g/mol. The molecule has 634 valence electrons. The minimum Gasteiger partial charge on any atom is -0.432 e. The fourth-order valence-corrected chi connectivity index (χ4v) is 21.0. The van der Waals surface area contributed by atoms with E-state index in [1.807, 2.05) is 27.7 Å². The Labute approximate surface area is 632 Å². The van der Waals surface area contributed by atoms with E-state index in [0.29, 0.717) is 32.1 Å². The van der Waals surface area contributed by atoms with Crippen molar-refractivity contribution in [1.82, 2.24) is 0 Å². The maximum Gasteiger partial charge on any atom is 0.317 e. The smallest absolute Gasteiger partial charge is 0.317 e. The summed E-state index contributed by atoms with van der Waals surface area (Å²) in [6, 6.07) is 0. The molecule has 24 N–H and O–H groups in total. The summed E-state index contributed by atoms with van der Waals surface area (Å²) >= 11 is 0. The summed E-state index contributed by atoms with van der Waals surface area (Å²) in [6.45, 7) is 6.33. The molecular weight excluding hydrogens is 1480 g/mol. The predicted molar refractivity (Wildman–Crippen MR) is 358 cm³/mol. The van der Waals surface area contributed by atoms with E-state index in [4.69, 9.17) is 66.3 Å². The van der Waals surface area contributed by atoms with E-state index in [9.17, 15) is 123 Å². The number of aliphatic hydroxyl groups excluding tert-OH is 24. The van der Waals surface area contributed by atoms with Gasteiger partial charge in [-0.3, -0.25) is 4.79 Å². The molecule has 12 aliphatic rings. The molecule has 110 heavy (non-hydrogen) atoms. The third-order valence-electron chi connectivity index (χ3n) is 27.6. The minimum absolute atomic E-state index is 0.0197. The zero-order chi connectivity index (χ0) is 80.5. The molecule has 0 spiro atoms. The Balaban J connectivity index is 0.771. The molecule has 0 bridgehead atoms. The average molecular weight is 1590 g/mol. The summed E-state index contributed by atoms with van der Waals surface area (Å²) in [4.78, 5) is 15.9. The van der Waals surface area contributed by atoms with Crippen molar-refractivity contribution in [2.24, 2.45) is 50.2 Å². The largest absolute Gasteiger partial charge is 0.432 e. The van der Waals surface area contributed by atoms with Gasteiger partial charge < -0.3 is 189 Å². The Hall–Kier alpha value is -2.27. The molecule has 0 aromatic carbocycles. The van der Waals surface area contributed by atoms with Gasteiger partial charge in [-0.15, -0.1) is 0 Å². The van der Waals surface area contributed by atoms with E-state index >= 15 is 4.79 Å². The van der Waals surface area contributed by atoms with Crippen LogP contribution in [0.1, 0.15) is 99.8 Å². The number of ether oxygens (including phenoxy) is 14.